The van der Waals surface area contributed by atoms with Crippen LogP contribution in [0.3, 0.4) is 0 Å². The number of halogens is 1. The molecule has 2 N–H and O–H groups in total. The standard InChI is InChI=1S/C24H39N3O4.HI/c1-2-25-24(26-11-5-12-29-19-23-8-4-13-30-23)27-17-20-6-3-7-21(16-20)18-31-22-9-14-28-15-10-22;/h3,6-7,16,22-23H,2,4-5,8-15,17-19H2,1H3,(H2,25,26,27);1H. The summed E-state index contributed by atoms with van der Waals surface area (Å²) in [5.41, 5.74) is 2.38. The van der Waals surface area contributed by atoms with Crippen molar-refractivity contribution in [1.82, 2.24) is 10.6 Å². The molecule has 182 valence electrons. The zero-order valence-corrected chi connectivity index (χ0v) is 21.7. The molecule has 2 heterocycles. The van der Waals surface area contributed by atoms with E-state index in [1.165, 1.54) is 11.1 Å². The van der Waals surface area contributed by atoms with Gasteiger partial charge in [-0.3, -0.25) is 0 Å². The molecule has 0 aromatic heterocycles. The van der Waals surface area contributed by atoms with Crippen LogP contribution in [0.4, 0.5) is 0 Å². The molecule has 0 amide bonds. The fourth-order valence-electron chi connectivity index (χ4n) is 3.76. The third kappa shape index (κ3) is 10.8. The summed E-state index contributed by atoms with van der Waals surface area (Å²) in [7, 11) is 0. The van der Waals surface area contributed by atoms with Gasteiger partial charge in [0.05, 0.1) is 32.0 Å². The molecule has 8 heteroatoms. The highest BCUT2D eigenvalue weighted by Gasteiger charge is 2.15. The van der Waals surface area contributed by atoms with E-state index >= 15 is 0 Å². The molecule has 0 aliphatic carbocycles. The van der Waals surface area contributed by atoms with Gasteiger partial charge in [0.25, 0.3) is 0 Å². The van der Waals surface area contributed by atoms with E-state index in [1.807, 2.05) is 0 Å². The summed E-state index contributed by atoms with van der Waals surface area (Å²) in [6.07, 6.45) is 5.81. The maximum Gasteiger partial charge on any atom is 0.191 e. The minimum Gasteiger partial charge on any atom is -0.381 e. The van der Waals surface area contributed by atoms with Crippen LogP contribution in [0.5, 0.6) is 0 Å². The lowest BCUT2D eigenvalue weighted by atomic mass is 10.1. The lowest BCUT2D eigenvalue weighted by Gasteiger charge is -2.22. The minimum absolute atomic E-state index is 0. The Bertz CT molecular complexity index is 650. The van der Waals surface area contributed by atoms with Crippen LogP contribution in [-0.2, 0) is 32.1 Å². The average molecular weight is 562 g/mol. The van der Waals surface area contributed by atoms with Crippen LogP contribution < -0.4 is 10.6 Å². The zero-order valence-electron chi connectivity index (χ0n) is 19.4. The Kier molecular flexibility index (Phi) is 14.2. The first-order chi connectivity index (χ1) is 15.3. The highest BCUT2D eigenvalue weighted by Crippen LogP contribution is 2.15. The number of benzene rings is 1. The van der Waals surface area contributed by atoms with Gasteiger partial charge in [-0.05, 0) is 50.2 Å². The van der Waals surface area contributed by atoms with E-state index < -0.39 is 0 Å². The second-order valence-electron chi connectivity index (χ2n) is 8.13. The Hall–Kier alpha value is -0.940. The van der Waals surface area contributed by atoms with Crippen LogP contribution in [0, 0.1) is 0 Å². The maximum atomic E-state index is 6.05. The van der Waals surface area contributed by atoms with E-state index in [0.717, 1.165) is 77.6 Å². The van der Waals surface area contributed by atoms with Gasteiger partial charge in [0, 0.05) is 39.5 Å². The van der Waals surface area contributed by atoms with Gasteiger partial charge in [0.2, 0.25) is 0 Å². The van der Waals surface area contributed by atoms with Crippen molar-refractivity contribution < 1.29 is 18.9 Å². The van der Waals surface area contributed by atoms with Crippen LogP contribution in [-0.4, -0.2) is 64.3 Å². The molecule has 1 aromatic rings. The Morgan fingerprint density at radius 2 is 1.97 bits per heavy atom. The zero-order chi connectivity index (χ0) is 21.6. The molecule has 1 unspecified atom stereocenters. The van der Waals surface area contributed by atoms with Crippen LogP contribution in [0.15, 0.2) is 29.3 Å². The third-order valence-corrected chi connectivity index (χ3v) is 5.50. The van der Waals surface area contributed by atoms with Crippen molar-refractivity contribution in [1.29, 1.82) is 0 Å². The first-order valence-electron chi connectivity index (χ1n) is 11.8. The summed E-state index contributed by atoms with van der Waals surface area (Å²) in [5.74, 6) is 0.838. The molecule has 2 aliphatic heterocycles. The molecule has 0 bridgehead atoms. The number of nitrogens with zero attached hydrogens (tertiary/aromatic N) is 1. The van der Waals surface area contributed by atoms with Crippen LogP contribution in [0.25, 0.3) is 0 Å². The van der Waals surface area contributed by atoms with Crippen molar-refractivity contribution >= 4 is 29.9 Å². The van der Waals surface area contributed by atoms with E-state index in [4.69, 9.17) is 23.9 Å². The van der Waals surface area contributed by atoms with Crippen LogP contribution in [0.2, 0.25) is 0 Å². The summed E-state index contributed by atoms with van der Waals surface area (Å²) < 4.78 is 22.7. The number of hydrogen-bond donors (Lipinski definition) is 2. The van der Waals surface area contributed by atoms with E-state index in [2.05, 4.69) is 41.8 Å². The second-order valence-corrected chi connectivity index (χ2v) is 8.13. The summed E-state index contributed by atoms with van der Waals surface area (Å²) in [5, 5.41) is 6.71. The Morgan fingerprint density at radius 1 is 1.12 bits per heavy atom. The molecule has 2 fully saturated rings. The molecule has 1 aromatic carbocycles. The van der Waals surface area contributed by atoms with Gasteiger partial charge < -0.3 is 29.6 Å². The molecule has 0 saturated carbocycles. The predicted octanol–water partition coefficient (Wildman–Crippen LogP) is 3.64. The first kappa shape index (κ1) is 27.3. The van der Waals surface area contributed by atoms with Gasteiger partial charge in [-0.1, -0.05) is 24.3 Å². The van der Waals surface area contributed by atoms with Crippen molar-refractivity contribution in [3.05, 3.63) is 35.4 Å². The number of aliphatic imine (C=N–C) groups is 1. The van der Waals surface area contributed by atoms with Gasteiger partial charge in [-0.25, -0.2) is 4.99 Å². The van der Waals surface area contributed by atoms with Gasteiger partial charge in [-0.15, -0.1) is 24.0 Å². The van der Waals surface area contributed by atoms with Crippen molar-refractivity contribution in [3.63, 3.8) is 0 Å². The number of nitrogens with one attached hydrogen (secondary N) is 2. The first-order valence-corrected chi connectivity index (χ1v) is 11.8. The van der Waals surface area contributed by atoms with E-state index in [-0.39, 0.29) is 24.0 Å². The van der Waals surface area contributed by atoms with Crippen molar-refractivity contribution in [2.75, 3.05) is 46.1 Å². The topological polar surface area (TPSA) is 73.3 Å². The van der Waals surface area contributed by atoms with Crippen LogP contribution in [0.1, 0.15) is 50.2 Å². The highest BCUT2D eigenvalue weighted by atomic mass is 127. The molecule has 1 atom stereocenters. The molecular weight excluding hydrogens is 521 g/mol. The van der Waals surface area contributed by atoms with E-state index in [0.29, 0.717) is 32.0 Å². The fourth-order valence-corrected chi connectivity index (χ4v) is 3.76. The summed E-state index contributed by atoms with van der Waals surface area (Å²) >= 11 is 0. The fraction of sp³-hybridized carbons (Fsp3) is 0.708. The molecule has 7 nitrogen and oxygen atoms in total. The van der Waals surface area contributed by atoms with Gasteiger partial charge in [-0.2, -0.15) is 0 Å². The SMILES string of the molecule is CCNC(=NCc1cccc(COC2CCOCC2)c1)NCCCOCC1CCCO1.I. The smallest absolute Gasteiger partial charge is 0.191 e. The molecule has 2 saturated heterocycles. The number of ether oxygens (including phenoxy) is 4. The number of guanidine groups is 1. The quantitative estimate of drug-likeness (QED) is 0.176. The monoisotopic (exact) mass is 561 g/mol. The average Bonchev–Trinajstić information content (AvgIpc) is 3.33. The largest absolute Gasteiger partial charge is 0.381 e. The Labute approximate surface area is 210 Å². The van der Waals surface area contributed by atoms with Gasteiger partial charge in [0.15, 0.2) is 5.96 Å². The van der Waals surface area contributed by atoms with Crippen molar-refractivity contribution in [3.8, 4) is 0 Å². The van der Waals surface area contributed by atoms with Gasteiger partial charge >= 0.3 is 0 Å². The molecule has 0 radical (unpaired) electrons. The lowest BCUT2D eigenvalue weighted by molar-refractivity contribution is -0.0390. The van der Waals surface area contributed by atoms with Crippen molar-refractivity contribution in [2.24, 2.45) is 4.99 Å². The molecular formula is C24H40IN3O4. The van der Waals surface area contributed by atoms with Gasteiger partial charge in [0.1, 0.15) is 0 Å². The summed E-state index contributed by atoms with van der Waals surface area (Å²) in [6, 6.07) is 8.50. The molecule has 2 aliphatic rings. The predicted molar refractivity (Wildman–Crippen MR) is 138 cm³/mol. The highest BCUT2D eigenvalue weighted by molar-refractivity contribution is 14.0. The summed E-state index contributed by atoms with van der Waals surface area (Å²) in [6.45, 7) is 8.96. The maximum absolute atomic E-state index is 6.05. The normalized spacial score (nSPS) is 19.5. The number of hydrogen-bond acceptors (Lipinski definition) is 5. The molecule has 3 rings (SSSR count). The molecule has 32 heavy (non-hydrogen) atoms. The van der Waals surface area contributed by atoms with Crippen LogP contribution >= 0.6 is 24.0 Å². The second kappa shape index (κ2) is 16.6. The third-order valence-electron chi connectivity index (χ3n) is 5.50. The summed E-state index contributed by atoms with van der Waals surface area (Å²) in [4.78, 5) is 4.73. The Balaban J connectivity index is 0.00000363. The Morgan fingerprint density at radius 3 is 2.75 bits per heavy atom. The molecule has 0 spiro atoms. The minimum atomic E-state index is 0. The lowest BCUT2D eigenvalue weighted by Crippen LogP contribution is -2.38. The van der Waals surface area contributed by atoms with E-state index in [9.17, 15) is 0 Å². The van der Waals surface area contributed by atoms with Crippen molar-refractivity contribution in [2.45, 2.75) is 64.4 Å². The number of rotatable bonds is 12. The van der Waals surface area contributed by atoms with E-state index in [1.54, 1.807) is 0 Å².